The van der Waals surface area contributed by atoms with Gasteiger partial charge in [0.15, 0.2) is 0 Å². The number of hydrogen-bond donors (Lipinski definition) is 0. The molecule has 0 aromatic heterocycles. The third kappa shape index (κ3) is 3.64. The van der Waals surface area contributed by atoms with Crippen LogP contribution in [0.15, 0.2) is 70.5 Å². The lowest BCUT2D eigenvalue weighted by atomic mass is 9.91. The Labute approximate surface area is 181 Å². The van der Waals surface area contributed by atoms with Gasteiger partial charge in [0.2, 0.25) is 0 Å². The summed E-state index contributed by atoms with van der Waals surface area (Å²) in [6, 6.07) is 7.58. The molecule has 2 aromatic carbocycles. The topological polar surface area (TPSA) is 142 Å². The van der Waals surface area contributed by atoms with E-state index in [-0.39, 0.29) is 28.0 Å². The minimum absolute atomic E-state index is 0.126. The largest absolute Gasteiger partial charge is 0.418 e. The van der Waals surface area contributed by atoms with E-state index in [0.717, 1.165) is 30.3 Å². The average molecular weight is 458 g/mol. The number of hydrogen-bond acceptors (Lipinski definition) is 7. The lowest BCUT2D eigenvalue weighted by Crippen LogP contribution is -2.21. The Morgan fingerprint density at radius 2 is 1.55 bits per heavy atom. The number of fused-ring (bicyclic) bond motifs is 3. The Hall–Kier alpha value is -4.68. The molecule has 33 heavy (non-hydrogen) atoms. The third-order valence-electron chi connectivity index (χ3n) is 4.95. The first-order valence-corrected chi connectivity index (χ1v) is 9.00. The summed E-state index contributed by atoms with van der Waals surface area (Å²) in [6.07, 6.45) is -2.99. The Bertz CT molecular complexity index is 1390. The SMILES string of the molecule is O=[N+]([O-])C1=CC([N+](=O)[O-])=C2C(=Cc3cc([N+](=O)[O-])ccc32)C1=Nc1ccccc1C(F)(F)F. The zero-order valence-corrected chi connectivity index (χ0v) is 16.1. The lowest BCUT2D eigenvalue weighted by molar-refractivity contribution is -0.428. The summed E-state index contributed by atoms with van der Waals surface area (Å²) in [5.74, 6) is 0. The Kier molecular flexibility index (Phi) is 4.88. The third-order valence-corrected chi connectivity index (χ3v) is 4.95. The van der Waals surface area contributed by atoms with Crippen LogP contribution < -0.4 is 0 Å². The molecular weight excluding hydrogens is 449 g/mol. The van der Waals surface area contributed by atoms with Gasteiger partial charge in [-0.1, -0.05) is 12.1 Å². The van der Waals surface area contributed by atoms with Gasteiger partial charge in [-0.05, 0) is 35.4 Å². The molecule has 0 heterocycles. The van der Waals surface area contributed by atoms with Crippen molar-refractivity contribution in [1.29, 1.82) is 0 Å². The van der Waals surface area contributed by atoms with Gasteiger partial charge in [-0.2, -0.15) is 13.2 Å². The molecule has 0 aliphatic heterocycles. The summed E-state index contributed by atoms with van der Waals surface area (Å²) >= 11 is 0. The van der Waals surface area contributed by atoms with Crippen molar-refractivity contribution in [2.45, 2.75) is 6.18 Å². The number of rotatable bonds is 4. The monoisotopic (exact) mass is 458 g/mol. The van der Waals surface area contributed by atoms with E-state index in [0.29, 0.717) is 6.08 Å². The van der Waals surface area contributed by atoms with Gasteiger partial charge in [0.25, 0.3) is 11.4 Å². The van der Waals surface area contributed by atoms with Crippen LogP contribution in [-0.4, -0.2) is 20.5 Å². The second-order valence-electron chi connectivity index (χ2n) is 6.87. The molecule has 0 unspecified atom stereocenters. The highest BCUT2D eigenvalue weighted by Crippen LogP contribution is 2.45. The average Bonchev–Trinajstić information content (AvgIpc) is 3.12. The lowest BCUT2D eigenvalue weighted by Gasteiger charge is -2.15. The molecule has 0 fully saturated rings. The smallest absolute Gasteiger partial charge is 0.258 e. The molecule has 0 N–H and O–H groups in total. The summed E-state index contributed by atoms with van der Waals surface area (Å²) in [4.78, 5) is 35.8. The minimum Gasteiger partial charge on any atom is -0.258 e. The first-order chi connectivity index (χ1) is 15.5. The van der Waals surface area contributed by atoms with Crippen molar-refractivity contribution >= 4 is 28.7 Å². The summed E-state index contributed by atoms with van der Waals surface area (Å²) in [5.41, 5.74) is -4.20. The molecule has 166 valence electrons. The number of nitrogens with zero attached hydrogens (tertiary/aromatic N) is 4. The van der Waals surface area contributed by atoms with Crippen molar-refractivity contribution in [3.05, 3.63) is 113 Å². The van der Waals surface area contributed by atoms with E-state index < -0.39 is 49.3 Å². The molecule has 0 amide bonds. The van der Waals surface area contributed by atoms with E-state index >= 15 is 0 Å². The van der Waals surface area contributed by atoms with Gasteiger partial charge in [0.05, 0.1) is 37.7 Å². The van der Waals surface area contributed by atoms with E-state index in [1.807, 2.05) is 0 Å². The highest BCUT2D eigenvalue weighted by atomic mass is 19.4. The number of aliphatic imine (C=N–C) groups is 1. The number of non-ortho nitro benzene ring substituents is 1. The van der Waals surface area contributed by atoms with Gasteiger partial charge in [0, 0.05) is 17.7 Å². The molecule has 2 aromatic rings. The van der Waals surface area contributed by atoms with Gasteiger partial charge < -0.3 is 0 Å². The maximum atomic E-state index is 13.4. The fourth-order valence-corrected chi connectivity index (χ4v) is 3.59. The van der Waals surface area contributed by atoms with Crippen molar-refractivity contribution in [2.24, 2.45) is 4.99 Å². The highest BCUT2D eigenvalue weighted by Gasteiger charge is 2.42. The predicted molar refractivity (Wildman–Crippen MR) is 109 cm³/mol. The molecule has 2 aliphatic rings. The number of nitro groups is 3. The molecule has 2 aliphatic carbocycles. The summed E-state index contributed by atoms with van der Waals surface area (Å²) in [6.45, 7) is 0. The second kappa shape index (κ2) is 7.47. The zero-order valence-electron chi connectivity index (χ0n) is 16.1. The predicted octanol–water partition coefficient (Wildman–Crippen LogP) is 4.95. The van der Waals surface area contributed by atoms with Crippen molar-refractivity contribution in [2.75, 3.05) is 0 Å². The molecule has 0 spiro atoms. The normalized spacial score (nSPS) is 16.2. The maximum absolute atomic E-state index is 13.4. The maximum Gasteiger partial charge on any atom is 0.418 e. The van der Waals surface area contributed by atoms with Gasteiger partial charge in [0.1, 0.15) is 5.71 Å². The van der Waals surface area contributed by atoms with Crippen LogP contribution in [0.5, 0.6) is 0 Å². The summed E-state index contributed by atoms with van der Waals surface area (Å²) < 4.78 is 40.3. The fourth-order valence-electron chi connectivity index (χ4n) is 3.59. The molecule has 10 nitrogen and oxygen atoms in total. The highest BCUT2D eigenvalue weighted by molar-refractivity contribution is 6.28. The Morgan fingerprint density at radius 3 is 2.15 bits per heavy atom. The number of alkyl halides is 3. The molecule has 0 saturated carbocycles. The van der Waals surface area contributed by atoms with Crippen LogP contribution in [-0.2, 0) is 6.18 Å². The Balaban J connectivity index is 2.02. The van der Waals surface area contributed by atoms with E-state index in [1.165, 1.54) is 18.2 Å². The summed E-state index contributed by atoms with van der Waals surface area (Å²) in [5, 5.41) is 34.4. The van der Waals surface area contributed by atoms with Crippen LogP contribution in [0.2, 0.25) is 0 Å². The molecule has 0 atom stereocenters. The molecule has 0 saturated heterocycles. The van der Waals surface area contributed by atoms with Crippen LogP contribution >= 0.6 is 0 Å². The van der Waals surface area contributed by atoms with E-state index in [2.05, 4.69) is 4.99 Å². The second-order valence-corrected chi connectivity index (χ2v) is 6.87. The number of benzene rings is 2. The number of para-hydroxylation sites is 1. The first-order valence-electron chi connectivity index (χ1n) is 9.00. The summed E-state index contributed by atoms with van der Waals surface area (Å²) in [7, 11) is 0. The van der Waals surface area contributed by atoms with Crippen molar-refractivity contribution in [3.8, 4) is 0 Å². The minimum atomic E-state index is -4.81. The quantitative estimate of drug-likeness (QED) is 0.469. The van der Waals surface area contributed by atoms with Gasteiger partial charge in [-0.3, -0.25) is 30.3 Å². The van der Waals surface area contributed by atoms with Crippen LogP contribution in [0.1, 0.15) is 16.7 Å². The zero-order chi connectivity index (χ0) is 24.1. The Morgan fingerprint density at radius 1 is 0.848 bits per heavy atom. The molecule has 4 rings (SSSR count). The van der Waals surface area contributed by atoms with Gasteiger partial charge in [-0.15, -0.1) is 0 Å². The van der Waals surface area contributed by atoms with E-state index in [4.69, 9.17) is 0 Å². The number of halogens is 3. The van der Waals surface area contributed by atoms with E-state index in [1.54, 1.807) is 0 Å². The van der Waals surface area contributed by atoms with Crippen LogP contribution in [0.4, 0.5) is 24.5 Å². The van der Waals surface area contributed by atoms with Crippen LogP contribution in [0.3, 0.4) is 0 Å². The van der Waals surface area contributed by atoms with Crippen molar-refractivity contribution in [3.63, 3.8) is 0 Å². The molecule has 0 bridgehead atoms. The van der Waals surface area contributed by atoms with Gasteiger partial charge >= 0.3 is 11.9 Å². The molecular formula is C20H9F3N4O6. The van der Waals surface area contributed by atoms with Gasteiger partial charge in [-0.25, -0.2) is 4.99 Å². The molecule has 0 radical (unpaired) electrons. The fraction of sp³-hybridized carbons (Fsp3) is 0.0500. The first kappa shape index (κ1) is 21.5. The van der Waals surface area contributed by atoms with Crippen molar-refractivity contribution in [1.82, 2.24) is 0 Å². The van der Waals surface area contributed by atoms with E-state index in [9.17, 15) is 43.5 Å². The standard InChI is InChI=1S/C20H9F3N4O6/c21-20(22,23)14-3-1-2-4-15(14)24-19-13-8-10-7-11(25(28)29)5-6-12(10)18(13)16(26(30)31)9-17(19)27(32)33/h1-9H. The van der Waals surface area contributed by atoms with Crippen molar-refractivity contribution < 1.29 is 27.9 Å². The van der Waals surface area contributed by atoms with Crippen LogP contribution in [0, 0.1) is 30.3 Å². The van der Waals surface area contributed by atoms with Crippen LogP contribution in [0.25, 0.3) is 11.6 Å². The molecule has 13 heteroatoms. The number of nitro benzene ring substituents is 1. The number of allylic oxidation sites excluding steroid dienone is 3.